The predicted molar refractivity (Wildman–Crippen MR) is 35.5 cm³/mol. The number of halogens is 2. The van der Waals surface area contributed by atoms with E-state index in [1.807, 2.05) is 6.07 Å². The molecule has 0 spiro atoms. The molecule has 0 bridgehead atoms. The van der Waals surface area contributed by atoms with Gasteiger partial charge in [-0.3, -0.25) is 0 Å². The van der Waals surface area contributed by atoms with Crippen molar-refractivity contribution >= 4 is 23.2 Å². The Bertz CT molecular complexity index is 258. The van der Waals surface area contributed by atoms with Gasteiger partial charge in [0.25, 0.3) is 0 Å². The minimum absolute atomic E-state index is 0.291. The summed E-state index contributed by atoms with van der Waals surface area (Å²) in [5.41, 5.74) is 0.377. The highest BCUT2D eigenvalue weighted by atomic mass is 35.5. The summed E-state index contributed by atoms with van der Waals surface area (Å²) in [6.07, 6.45) is 1.46. The van der Waals surface area contributed by atoms with Crippen molar-refractivity contribution in [3.63, 3.8) is 0 Å². The van der Waals surface area contributed by atoms with Gasteiger partial charge in [-0.2, -0.15) is 5.26 Å². The van der Waals surface area contributed by atoms with E-state index in [2.05, 4.69) is 4.98 Å². The van der Waals surface area contributed by atoms with E-state index < -0.39 is 0 Å². The molecule has 0 saturated heterocycles. The number of hydrogen-bond donors (Lipinski definition) is 1. The SMILES string of the molecule is N#Cc1c[nH]c(Cl)c1Cl. The Kier molecular flexibility index (Phi) is 1.65. The Morgan fingerprint density at radius 2 is 2.22 bits per heavy atom. The molecule has 4 heteroatoms. The van der Waals surface area contributed by atoms with Crippen molar-refractivity contribution in [3.8, 4) is 6.07 Å². The van der Waals surface area contributed by atoms with Crippen molar-refractivity contribution in [2.75, 3.05) is 0 Å². The molecule has 0 aliphatic heterocycles. The molecule has 0 aliphatic carbocycles. The number of H-pyrrole nitrogens is 1. The predicted octanol–water partition coefficient (Wildman–Crippen LogP) is 2.19. The zero-order valence-electron chi connectivity index (χ0n) is 4.28. The number of nitriles is 1. The van der Waals surface area contributed by atoms with E-state index in [0.717, 1.165) is 0 Å². The molecule has 9 heavy (non-hydrogen) atoms. The van der Waals surface area contributed by atoms with Crippen molar-refractivity contribution in [3.05, 3.63) is 21.9 Å². The Labute approximate surface area is 62.0 Å². The number of aromatic amines is 1. The molecule has 0 atom stereocenters. The molecule has 1 aromatic rings. The first-order valence-corrected chi connectivity index (χ1v) is 2.93. The molecule has 0 amide bonds. The fourth-order valence-corrected chi connectivity index (χ4v) is 0.770. The lowest BCUT2D eigenvalue weighted by atomic mass is 10.4. The van der Waals surface area contributed by atoms with Gasteiger partial charge in [-0.15, -0.1) is 0 Å². The lowest BCUT2D eigenvalue weighted by Gasteiger charge is -1.79. The smallest absolute Gasteiger partial charge is 0.126 e. The Morgan fingerprint density at radius 3 is 2.44 bits per heavy atom. The van der Waals surface area contributed by atoms with E-state index >= 15 is 0 Å². The van der Waals surface area contributed by atoms with E-state index in [1.165, 1.54) is 6.20 Å². The quantitative estimate of drug-likeness (QED) is 0.622. The molecule has 1 N–H and O–H groups in total. The summed E-state index contributed by atoms with van der Waals surface area (Å²) < 4.78 is 0. The van der Waals surface area contributed by atoms with E-state index in [1.54, 1.807) is 0 Å². The lowest BCUT2D eigenvalue weighted by molar-refractivity contribution is 1.40. The second-order valence-corrected chi connectivity index (χ2v) is 2.20. The van der Waals surface area contributed by atoms with E-state index in [4.69, 9.17) is 28.5 Å². The molecule has 0 fully saturated rings. The third-order valence-electron chi connectivity index (χ3n) is 0.893. The third-order valence-corrected chi connectivity index (χ3v) is 1.68. The van der Waals surface area contributed by atoms with Crippen molar-refractivity contribution < 1.29 is 0 Å². The molecular weight excluding hydrogens is 159 g/mol. The third kappa shape index (κ3) is 1.02. The number of nitrogens with zero attached hydrogens (tertiary/aromatic N) is 1. The maximum absolute atomic E-state index is 8.32. The van der Waals surface area contributed by atoms with Gasteiger partial charge >= 0.3 is 0 Å². The summed E-state index contributed by atoms with van der Waals surface area (Å²) in [5.74, 6) is 0. The average Bonchev–Trinajstić information content (AvgIpc) is 2.15. The summed E-state index contributed by atoms with van der Waals surface area (Å²) in [7, 11) is 0. The maximum Gasteiger partial charge on any atom is 0.126 e. The zero-order valence-corrected chi connectivity index (χ0v) is 5.79. The normalized spacial score (nSPS) is 9.00. The molecule has 0 aromatic carbocycles. The highest BCUT2D eigenvalue weighted by Crippen LogP contribution is 2.23. The van der Waals surface area contributed by atoms with Crippen LogP contribution in [0, 0.1) is 11.3 Å². The van der Waals surface area contributed by atoms with Gasteiger partial charge in [0.05, 0.1) is 10.6 Å². The van der Waals surface area contributed by atoms with Crippen LogP contribution in [-0.4, -0.2) is 4.98 Å². The van der Waals surface area contributed by atoms with Crippen molar-refractivity contribution in [2.45, 2.75) is 0 Å². The second-order valence-electron chi connectivity index (χ2n) is 1.44. The first-order chi connectivity index (χ1) is 4.25. The maximum atomic E-state index is 8.32. The van der Waals surface area contributed by atoms with Gasteiger partial charge in [-0.25, -0.2) is 0 Å². The van der Waals surface area contributed by atoms with Crippen LogP contribution in [0.25, 0.3) is 0 Å². The lowest BCUT2D eigenvalue weighted by Crippen LogP contribution is -1.62. The van der Waals surface area contributed by atoms with Crippen LogP contribution in [0.3, 0.4) is 0 Å². The summed E-state index contributed by atoms with van der Waals surface area (Å²) in [6.45, 7) is 0. The first-order valence-electron chi connectivity index (χ1n) is 2.18. The van der Waals surface area contributed by atoms with Crippen LogP contribution in [0.5, 0.6) is 0 Å². The van der Waals surface area contributed by atoms with Crippen LogP contribution in [0.2, 0.25) is 10.2 Å². The molecule has 2 nitrogen and oxygen atoms in total. The van der Waals surface area contributed by atoms with Crippen LogP contribution in [0.4, 0.5) is 0 Å². The molecule has 0 radical (unpaired) electrons. The van der Waals surface area contributed by atoms with Gasteiger partial charge in [0.15, 0.2) is 0 Å². The summed E-state index contributed by atoms with van der Waals surface area (Å²) >= 11 is 11.0. The van der Waals surface area contributed by atoms with Gasteiger partial charge in [0, 0.05) is 6.20 Å². The summed E-state index contributed by atoms with van der Waals surface area (Å²) in [6, 6.07) is 1.87. The minimum Gasteiger partial charge on any atom is -0.350 e. The Balaban J connectivity index is 3.24. The standard InChI is InChI=1S/C5H2Cl2N2/c6-4-3(1-8)2-9-5(4)7/h2,9H. The number of hydrogen-bond acceptors (Lipinski definition) is 1. The monoisotopic (exact) mass is 160 g/mol. The van der Waals surface area contributed by atoms with Crippen LogP contribution < -0.4 is 0 Å². The van der Waals surface area contributed by atoms with Crippen LogP contribution >= 0.6 is 23.2 Å². The zero-order chi connectivity index (χ0) is 6.85. The Morgan fingerprint density at radius 1 is 1.56 bits per heavy atom. The minimum atomic E-state index is 0.291. The fourth-order valence-electron chi connectivity index (χ4n) is 0.462. The highest BCUT2D eigenvalue weighted by molar-refractivity contribution is 6.42. The van der Waals surface area contributed by atoms with Gasteiger partial charge in [-0.1, -0.05) is 23.2 Å². The van der Waals surface area contributed by atoms with Crippen molar-refractivity contribution in [2.24, 2.45) is 0 Å². The molecule has 0 unspecified atom stereocenters. The topological polar surface area (TPSA) is 39.6 Å². The van der Waals surface area contributed by atoms with Gasteiger partial charge in [0.2, 0.25) is 0 Å². The van der Waals surface area contributed by atoms with Gasteiger partial charge < -0.3 is 4.98 Å². The largest absolute Gasteiger partial charge is 0.350 e. The van der Waals surface area contributed by atoms with Gasteiger partial charge in [0.1, 0.15) is 11.2 Å². The van der Waals surface area contributed by atoms with Crippen LogP contribution in [0.15, 0.2) is 6.20 Å². The number of nitrogens with one attached hydrogen (secondary N) is 1. The summed E-state index contributed by atoms with van der Waals surface area (Å²) in [5, 5.41) is 8.92. The molecule has 0 aliphatic rings. The molecule has 0 saturated carbocycles. The Hall–Kier alpha value is -0.650. The van der Waals surface area contributed by atoms with E-state index in [9.17, 15) is 0 Å². The first kappa shape index (κ1) is 6.47. The molecule has 1 heterocycles. The number of rotatable bonds is 0. The molecule has 46 valence electrons. The van der Waals surface area contributed by atoms with E-state index in [0.29, 0.717) is 15.7 Å². The van der Waals surface area contributed by atoms with Gasteiger partial charge in [-0.05, 0) is 0 Å². The van der Waals surface area contributed by atoms with Crippen LogP contribution in [-0.2, 0) is 0 Å². The number of aromatic nitrogens is 1. The van der Waals surface area contributed by atoms with Crippen molar-refractivity contribution in [1.29, 1.82) is 5.26 Å². The molecule has 1 rings (SSSR count). The van der Waals surface area contributed by atoms with E-state index in [-0.39, 0.29) is 0 Å². The molecule has 1 aromatic heterocycles. The fraction of sp³-hybridized carbons (Fsp3) is 0. The second kappa shape index (κ2) is 2.30. The average molecular weight is 161 g/mol. The molecular formula is C5H2Cl2N2. The van der Waals surface area contributed by atoms with Crippen molar-refractivity contribution in [1.82, 2.24) is 4.98 Å². The van der Waals surface area contributed by atoms with Crippen LogP contribution in [0.1, 0.15) is 5.56 Å². The highest BCUT2D eigenvalue weighted by Gasteiger charge is 2.03. The summed E-state index contributed by atoms with van der Waals surface area (Å²) in [4.78, 5) is 2.60.